The molecule has 31 heavy (non-hydrogen) atoms. The summed E-state index contributed by atoms with van der Waals surface area (Å²) in [5, 5.41) is 3.55. The SMILES string of the molecule is CCCCOc1c(Cl)cc(C(=O)NC2CCN(Cc3ccccn3)CC2)cc1OCC. The average Bonchev–Trinajstić information content (AvgIpc) is 2.77. The number of hydrogen-bond donors (Lipinski definition) is 1. The molecule has 1 amide bonds. The Balaban J connectivity index is 1.57. The van der Waals surface area contributed by atoms with E-state index in [0.717, 1.165) is 51.0 Å². The van der Waals surface area contributed by atoms with Crippen LogP contribution < -0.4 is 14.8 Å². The fraction of sp³-hybridized carbons (Fsp3) is 0.500. The normalized spacial score (nSPS) is 14.9. The van der Waals surface area contributed by atoms with Gasteiger partial charge in [-0.3, -0.25) is 14.7 Å². The Hall–Kier alpha value is -2.31. The first-order valence-corrected chi connectivity index (χ1v) is 11.5. The monoisotopic (exact) mass is 445 g/mol. The lowest BCUT2D eigenvalue weighted by Crippen LogP contribution is -2.44. The third-order valence-electron chi connectivity index (χ3n) is 5.35. The van der Waals surface area contributed by atoms with Gasteiger partial charge in [0, 0.05) is 37.4 Å². The van der Waals surface area contributed by atoms with Crippen LogP contribution in [0.4, 0.5) is 0 Å². The third kappa shape index (κ3) is 6.84. The van der Waals surface area contributed by atoms with Crippen molar-refractivity contribution >= 4 is 17.5 Å². The number of aromatic nitrogens is 1. The maximum absolute atomic E-state index is 12.9. The molecule has 0 bridgehead atoms. The zero-order chi connectivity index (χ0) is 22.1. The van der Waals surface area contributed by atoms with Crippen LogP contribution in [0.2, 0.25) is 5.02 Å². The Morgan fingerprint density at radius 1 is 1.23 bits per heavy atom. The van der Waals surface area contributed by atoms with E-state index >= 15 is 0 Å². The van der Waals surface area contributed by atoms with Gasteiger partial charge in [-0.2, -0.15) is 0 Å². The summed E-state index contributed by atoms with van der Waals surface area (Å²) in [6.07, 6.45) is 5.60. The summed E-state index contributed by atoms with van der Waals surface area (Å²) in [4.78, 5) is 19.6. The molecule has 0 aliphatic carbocycles. The number of pyridine rings is 1. The van der Waals surface area contributed by atoms with E-state index in [2.05, 4.69) is 22.1 Å². The molecule has 0 unspecified atom stereocenters. The molecule has 0 spiro atoms. The largest absolute Gasteiger partial charge is 0.490 e. The number of unbranched alkanes of at least 4 members (excludes halogenated alkanes) is 1. The summed E-state index contributed by atoms with van der Waals surface area (Å²) in [5.41, 5.74) is 1.57. The van der Waals surface area contributed by atoms with Crippen LogP contribution in [-0.2, 0) is 6.54 Å². The van der Waals surface area contributed by atoms with Crippen LogP contribution in [0.1, 0.15) is 55.6 Å². The maximum atomic E-state index is 12.9. The van der Waals surface area contributed by atoms with E-state index in [9.17, 15) is 4.79 Å². The number of likely N-dealkylation sites (tertiary alicyclic amines) is 1. The predicted octanol–water partition coefficient (Wildman–Crippen LogP) is 4.71. The molecule has 0 saturated carbocycles. The minimum atomic E-state index is -0.133. The van der Waals surface area contributed by atoms with Crippen molar-refractivity contribution in [3.8, 4) is 11.5 Å². The van der Waals surface area contributed by atoms with Crippen molar-refractivity contribution in [1.29, 1.82) is 0 Å². The van der Waals surface area contributed by atoms with Crippen molar-refractivity contribution in [1.82, 2.24) is 15.2 Å². The molecule has 1 aromatic heterocycles. The lowest BCUT2D eigenvalue weighted by atomic mass is 10.0. The van der Waals surface area contributed by atoms with Crippen molar-refractivity contribution in [2.24, 2.45) is 0 Å². The Morgan fingerprint density at radius 2 is 2.03 bits per heavy atom. The van der Waals surface area contributed by atoms with Gasteiger partial charge >= 0.3 is 0 Å². The van der Waals surface area contributed by atoms with Crippen molar-refractivity contribution in [2.75, 3.05) is 26.3 Å². The molecule has 6 nitrogen and oxygen atoms in total. The number of halogens is 1. The number of piperidine rings is 1. The number of ether oxygens (including phenoxy) is 2. The zero-order valence-corrected chi connectivity index (χ0v) is 19.2. The number of amides is 1. The van der Waals surface area contributed by atoms with Crippen LogP contribution in [0, 0.1) is 0 Å². The van der Waals surface area contributed by atoms with Crippen LogP contribution in [0.25, 0.3) is 0 Å². The van der Waals surface area contributed by atoms with Crippen LogP contribution in [0.3, 0.4) is 0 Å². The number of benzene rings is 1. The van der Waals surface area contributed by atoms with E-state index in [0.29, 0.717) is 35.3 Å². The smallest absolute Gasteiger partial charge is 0.251 e. The van der Waals surface area contributed by atoms with Gasteiger partial charge in [-0.1, -0.05) is 31.0 Å². The standard InChI is InChI=1S/C24H32ClN3O3/c1-3-5-14-31-23-21(25)15-18(16-22(23)30-4-2)24(29)27-19-9-12-28(13-10-19)17-20-8-6-7-11-26-20/h6-8,11,15-16,19H,3-5,9-10,12-14,17H2,1-2H3,(H,27,29). The second-order valence-electron chi connectivity index (χ2n) is 7.77. The highest BCUT2D eigenvalue weighted by molar-refractivity contribution is 6.32. The molecule has 3 rings (SSSR count). The van der Waals surface area contributed by atoms with Crippen molar-refractivity contribution < 1.29 is 14.3 Å². The Bertz CT molecular complexity index is 839. The minimum Gasteiger partial charge on any atom is -0.490 e. The molecule has 1 aliphatic rings. The maximum Gasteiger partial charge on any atom is 0.251 e. The first-order valence-electron chi connectivity index (χ1n) is 11.1. The molecule has 1 N–H and O–H groups in total. The number of carbonyl (C=O) groups excluding carboxylic acids is 1. The summed E-state index contributed by atoms with van der Waals surface area (Å²) in [6, 6.07) is 9.51. The van der Waals surface area contributed by atoms with Crippen LogP contribution in [0.5, 0.6) is 11.5 Å². The van der Waals surface area contributed by atoms with E-state index in [1.165, 1.54) is 0 Å². The summed E-state index contributed by atoms with van der Waals surface area (Å²) in [6.45, 7) is 7.74. The van der Waals surface area contributed by atoms with Gasteiger partial charge in [0.25, 0.3) is 5.91 Å². The summed E-state index contributed by atoms with van der Waals surface area (Å²) in [5.74, 6) is 0.893. The number of rotatable bonds is 10. The fourth-order valence-corrected chi connectivity index (χ4v) is 3.91. The molecule has 2 aromatic rings. The number of nitrogens with zero attached hydrogens (tertiary/aromatic N) is 2. The highest BCUT2D eigenvalue weighted by Crippen LogP contribution is 2.37. The first kappa shape index (κ1) is 23.4. The van der Waals surface area contributed by atoms with Gasteiger partial charge < -0.3 is 14.8 Å². The summed E-state index contributed by atoms with van der Waals surface area (Å²) >= 11 is 6.43. The lowest BCUT2D eigenvalue weighted by Gasteiger charge is -2.32. The quantitative estimate of drug-likeness (QED) is 0.536. The van der Waals surface area contributed by atoms with Gasteiger partial charge in [-0.05, 0) is 50.5 Å². The predicted molar refractivity (Wildman–Crippen MR) is 123 cm³/mol. The molecule has 1 fully saturated rings. The van der Waals surface area contributed by atoms with Crippen molar-refractivity contribution in [2.45, 2.75) is 52.1 Å². The highest BCUT2D eigenvalue weighted by atomic mass is 35.5. The Kier molecular flexibility index (Phi) is 8.98. The van der Waals surface area contributed by atoms with Crippen molar-refractivity contribution in [3.63, 3.8) is 0 Å². The number of hydrogen-bond acceptors (Lipinski definition) is 5. The molecule has 0 atom stereocenters. The van der Waals surface area contributed by atoms with E-state index < -0.39 is 0 Å². The topological polar surface area (TPSA) is 63.7 Å². The van der Waals surface area contributed by atoms with Gasteiger partial charge in [0.2, 0.25) is 0 Å². The van der Waals surface area contributed by atoms with E-state index in [4.69, 9.17) is 21.1 Å². The van der Waals surface area contributed by atoms with E-state index in [-0.39, 0.29) is 11.9 Å². The third-order valence-corrected chi connectivity index (χ3v) is 5.63. The first-order chi connectivity index (χ1) is 15.1. The molecule has 1 saturated heterocycles. The minimum absolute atomic E-state index is 0.133. The molecule has 0 radical (unpaired) electrons. The molecule has 2 heterocycles. The van der Waals surface area contributed by atoms with Gasteiger partial charge in [0.05, 0.1) is 23.9 Å². The van der Waals surface area contributed by atoms with Crippen LogP contribution >= 0.6 is 11.6 Å². The highest BCUT2D eigenvalue weighted by Gasteiger charge is 2.23. The second-order valence-corrected chi connectivity index (χ2v) is 8.17. The van der Waals surface area contributed by atoms with E-state index in [1.807, 2.05) is 31.3 Å². The van der Waals surface area contributed by atoms with E-state index in [1.54, 1.807) is 12.1 Å². The van der Waals surface area contributed by atoms with Gasteiger partial charge in [-0.25, -0.2) is 0 Å². The average molecular weight is 446 g/mol. The van der Waals surface area contributed by atoms with Gasteiger partial charge in [-0.15, -0.1) is 0 Å². The fourth-order valence-electron chi connectivity index (χ4n) is 3.65. The Labute approximate surface area is 189 Å². The molecule has 1 aliphatic heterocycles. The lowest BCUT2D eigenvalue weighted by molar-refractivity contribution is 0.0908. The molecular formula is C24H32ClN3O3. The van der Waals surface area contributed by atoms with Gasteiger partial charge in [0.15, 0.2) is 11.5 Å². The van der Waals surface area contributed by atoms with Crippen LogP contribution in [-0.4, -0.2) is 48.1 Å². The number of carbonyl (C=O) groups is 1. The zero-order valence-electron chi connectivity index (χ0n) is 18.4. The number of nitrogens with one attached hydrogen (secondary N) is 1. The second kappa shape index (κ2) is 11.9. The van der Waals surface area contributed by atoms with Crippen molar-refractivity contribution in [3.05, 3.63) is 52.8 Å². The molecule has 7 heteroatoms. The molecule has 1 aromatic carbocycles. The summed E-state index contributed by atoms with van der Waals surface area (Å²) < 4.78 is 11.5. The van der Waals surface area contributed by atoms with Gasteiger partial charge in [0.1, 0.15) is 0 Å². The molecule has 168 valence electrons. The molecular weight excluding hydrogens is 414 g/mol. The Morgan fingerprint density at radius 3 is 2.71 bits per heavy atom. The van der Waals surface area contributed by atoms with Crippen LogP contribution in [0.15, 0.2) is 36.5 Å². The summed E-state index contributed by atoms with van der Waals surface area (Å²) in [7, 11) is 0.